The minimum Gasteiger partial charge on any atom is -0.352 e. The third-order valence-electron chi connectivity index (χ3n) is 2.89. The minimum atomic E-state index is -0.262. The summed E-state index contributed by atoms with van der Waals surface area (Å²) >= 11 is 0. The molecule has 0 aliphatic carbocycles. The van der Waals surface area contributed by atoms with Crippen molar-refractivity contribution < 1.29 is 9.18 Å². The minimum absolute atomic E-state index is 0.00874. The Labute approximate surface area is 120 Å². The van der Waals surface area contributed by atoms with Gasteiger partial charge in [-0.1, -0.05) is 12.1 Å². The van der Waals surface area contributed by atoms with Gasteiger partial charge in [0.25, 0.3) is 0 Å². The zero-order valence-corrected chi connectivity index (χ0v) is 12.3. The van der Waals surface area contributed by atoms with Gasteiger partial charge in [-0.05, 0) is 51.3 Å². The van der Waals surface area contributed by atoms with Gasteiger partial charge in [0.1, 0.15) is 5.82 Å². The monoisotopic (exact) mass is 281 g/mol. The maximum absolute atomic E-state index is 12.7. The van der Waals surface area contributed by atoms with E-state index >= 15 is 0 Å². The van der Waals surface area contributed by atoms with Crippen molar-refractivity contribution >= 4 is 5.91 Å². The molecule has 1 aromatic rings. The quantitative estimate of drug-likeness (QED) is 0.672. The van der Waals surface area contributed by atoms with Gasteiger partial charge in [-0.25, -0.2) is 4.39 Å². The van der Waals surface area contributed by atoms with E-state index in [2.05, 4.69) is 15.5 Å². The number of hydrogen-bond donors (Lipinski definition) is 2. The van der Waals surface area contributed by atoms with Gasteiger partial charge in [0, 0.05) is 19.5 Å². The molecule has 20 heavy (non-hydrogen) atoms. The first-order chi connectivity index (χ1) is 9.58. The normalized spacial score (nSPS) is 10.8. The van der Waals surface area contributed by atoms with Gasteiger partial charge in [-0.2, -0.15) is 0 Å². The van der Waals surface area contributed by atoms with E-state index in [0.29, 0.717) is 19.5 Å². The van der Waals surface area contributed by atoms with Gasteiger partial charge >= 0.3 is 0 Å². The lowest BCUT2D eigenvalue weighted by Crippen LogP contribution is -2.28. The van der Waals surface area contributed by atoms with Crippen LogP contribution in [0.25, 0.3) is 0 Å². The molecule has 0 unspecified atom stereocenters. The highest BCUT2D eigenvalue weighted by Gasteiger charge is 2.01. The molecule has 0 aromatic heterocycles. The van der Waals surface area contributed by atoms with E-state index in [1.54, 1.807) is 12.1 Å². The standard InChI is InChI=1S/C15H24FN3O/c1-19(2)11-3-9-17-10-8-15(20)18-12-13-4-6-14(16)7-5-13/h4-7,17H,3,8-12H2,1-2H3,(H,18,20). The summed E-state index contributed by atoms with van der Waals surface area (Å²) < 4.78 is 12.7. The highest BCUT2D eigenvalue weighted by atomic mass is 19.1. The van der Waals surface area contributed by atoms with Gasteiger partial charge < -0.3 is 15.5 Å². The van der Waals surface area contributed by atoms with Gasteiger partial charge in [-0.3, -0.25) is 4.79 Å². The molecule has 0 saturated carbocycles. The van der Waals surface area contributed by atoms with Crippen LogP contribution in [-0.2, 0) is 11.3 Å². The molecule has 0 heterocycles. The highest BCUT2D eigenvalue weighted by molar-refractivity contribution is 5.76. The van der Waals surface area contributed by atoms with Crippen LogP contribution in [0.2, 0.25) is 0 Å². The first-order valence-corrected chi connectivity index (χ1v) is 6.94. The summed E-state index contributed by atoms with van der Waals surface area (Å²) in [4.78, 5) is 13.7. The van der Waals surface area contributed by atoms with Gasteiger partial charge in [0.15, 0.2) is 0 Å². The molecular weight excluding hydrogens is 257 g/mol. The van der Waals surface area contributed by atoms with E-state index in [0.717, 1.165) is 25.1 Å². The van der Waals surface area contributed by atoms with Crippen LogP contribution in [0.15, 0.2) is 24.3 Å². The third-order valence-corrected chi connectivity index (χ3v) is 2.89. The average molecular weight is 281 g/mol. The van der Waals surface area contributed by atoms with Gasteiger partial charge in [-0.15, -0.1) is 0 Å². The molecule has 112 valence electrons. The lowest BCUT2D eigenvalue weighted by molar-refractivity contribution is -0.121. The average Bonchev–Trinajstić information content (AvgIpc) is 2.41. The van der Waals surface area contributed by atoms with Crippen molar-refractivity contribution in [1.29, 1.82) is 0 Å². The zero-order valence-electron chi connectivity index (χ0n) is 12.3. The maximum atomic E-state index is 12.7. The molecule has 0 spiro atoms. The lowest BCUT2D eigenvalue weighted by Gasteiger charge is -2.10. The van der Waals surface area contributed by atoms with E-state index in [-0.39, 0.29) is 11.7 Å². The van der Waals surface area contributed by atoms with E-state index in [9.17, 15) is 9.18 Å². The van der Waals surface area contributed by atoms with Crippen molar-refractivity contribution in [2.24, 2.45) is 0 Å². The second-order valence-electron chi connectivity index (χ2n) is 5.06. The van der Waals surface area contributed by atoms with Crippen LogP contribution in [0, 0.1) is 5.82 Å². The van der Waals surface area contributed by atoms with E-state index < -0.39 is 0 Å². The second-order valence-corrected chi connectivity index (χ2v) is 5.06. The van der Waals surface area contributed by atoms with Crippen molar-refractivity contribution in [3.05, 3.63) is 35.6 Å². The van der Waals surface area contributed by atoms with E-state index in [1.807, 2.05) is 14.1 Å². The molecule has 0 aliphatic heterocycles. The van der Waals surface area contributed by atoms with Gasteiger partial charge in [0.05, 0.1) is 0 Å². The number of halogens is 1. The van der Waals surface area contributed by atoms with Crippen molar-refractivity contribution in [3.63, 3.8) is 0 Å². The Bertz CT molecular complexity index is 393. The molecule has 4 nitrogen and oxygen atoms in total. The first-order valence-electron chi connectivity index (χ1n) is 6.94. The smallest absolute Gasteiger partial charge is 0.221 e. The molecule has 5 heteroatoms. The summed E-state index contributed by atoms with van der Waals surface area (Å²) in [5.41, 5.74) is 0.902. The van der Waals surface area contributed by atoms with Crippen LogP contribution in [0.1, 0.15) is 18.4 Å². The number of hydrogen-bond acceptors (Lipinski definition) is 3. The number of nitrogens with zero attached hydrogens (tertiary/aromatic N) is 1. The largest absolute Gasteiger partial charge is 0.352 e. The fraction of sp³-hybridized carbons (Fsp3) is 0.533. The maximum Gasteiger partial charge on any atom is 0.221 e. The highest BCUT2D eigenvalue weighted by Crippen LogP contribution is 2.01. The molecule has 0 atom stereocenters. The molecule has 1 amide bonds. The molecule has 0 fully saturated rings. The molecule has 0 bridgehead atoms. The number of benzene rings is 1. The number of rotatable bonds is 9. The predicted molar refractivity (Wildman–Crippen MR) is 78.9 cm³/mol. The topological polar surface area (TPSA) is 44.4 Å². The molecule has 0 radical (unpaired) electrons. The van der Waals surface area contributed by atoms with Crippen LogP contribution in [0.3, 0.4) is 0 Å². The third kappa shape index (κ3) is 7.86. The van der Waals surface area contributed by atoms with Gasteiger partial charge in [0.2, 0.25) is 5.91 Å². The summed E-state index contributed by atoms with van der Waals surface area (Å²) in [5, 5.41) is 6.06. The van der Waals surface area contributed by atoms with Crippen LogP contribution in [0.5, 0.6) is 0 Å². The summed E-state index contributed by atoms with van der Waals surface area (Å²) in [6.45, 7) is 3.09. The first kappa shape index (κ1) is 16.6. The fourth-order valence-corrected chi connectivity index (χ4v) is 1.74. The lowest BCUT2D eigenvalue weighted by atomic mass is 10.2. The molecule has 0 aliphatic rings. The van der Waals surface area contributed by atoms with Crippen molar-refractivity contribution in [1.82, 2.24) is 15.5 Å². The number of nitrogens with one attached hydrogen (secondary N) is 2. The Morgan fingerprint density at radius 2 is 1.90 bits per heavy atom. The van der Waals surface area contributed by atoms with Crippen LogP contribution >= 0.6 is 0 Å². The Kier molecular flexibility index (Phi) is 7.84. The Morgan fingerprint density at radius 1 is 1.20 bits per heavy atom. The Morgan fingerprint density at radius 3 is 2.55 bits per heavy atom. The second kappa shape index (κ2) is 9.44. The van der Waals surface area contributed by atoms with E-state index in [4.69, 9.17) is 0 Å². The SMILES string of the molecule is CN(C)CCCNCCC(=O)NCc1ccc(F)cc1. The van der Waals surface area contributed by atoms with Crippen molar-refractivity contribution in [2.45, 2.75) is 19.4 Å². The van der Waals surface area contributed by atoms with Crippen LogP contribution in [-0.4, -0.2) is 44.5 Å². The molecule has 1 aromatic carbocycles. The molecule has 1 rings (SSSR count). The number of amides is 1. The molecule has 0 saturated heterocycles. The van der Waals surface area contributed by atoms with Crippen LogP contribution in [0.4, 0.5) is 4.39 Å². The van der Waals surface area contributed by atoms with Crippen LogP contribution < -0.4 is 10.6 Å². The number of carbonyl (C=O) groups excluding carboxylic acids is 1. The zero-order chi connectivity index (χ0) is 14.8. The van der Waals surface area contributed by atoms with E-state index in [1.165, 1.54) is 12.1 Å². The summed E-state index contributed by atoms with van der Waals surface area (Å²) in [7, 11) is 4.09. The van der Waals surface area contributed by atoms with Crippen molar-refractivity contribution in [2.75, 3.05) is 33.7 Å². The molecular formula is C15H24FN3O. The van der Waals surface area contributed by atoms with Crippen molar-refractivity contribution in [3.8, 4) is 0 Å². The summed E-state index contributed by atoms with van der Waals surface area (Å²) in [6, 6.07) is 6.14. The molecule has 2 N–H and O–H groups in total. The Balaban J connectivity index is 2.04. The Hall–Kier alpha value is -1.46. The predicted octanol–water partition coefficient (Wildman–Crippen LogP) is 1.37. The fourth-order valence-electron chi connectivity index (χ4n) is 1.74. The number of carbonyl (C=O) groups is 1. The summed E-state index contributed by atoms with van der Waals surface area (Å²) in [6.07, 6.45) is 1.54. The summed E-state index contributed by atoms with van der Waals surface area (Å²) in [5.74, 6) is -0.253.